The molecule has 106 valence electrons. The number of hydrogen-bond donors (Lipinski definition) is 2. The molecular formula is C15H19N3O2. The maximum Gasteiger partial charge on any atom is 0.252 e. The Balaban J connectivity index is 2.15. The lowest BCUT2D eigenvalue weighted by Crippen LogP contribution is -2.12. The number of nitrogens with one attached hydrogen (secondary N) is 2. The van der Waals surface area contributed by atoms with E-state index in [1.807, 2.05) is 24.3 Å². The van der Waals surface area contributed by atoms with E-state index >= 15 is 0 Å². The molecule has 5 heteroatoms. The minimum atomic E-state index is -0.137. The van der Waals surface area contributed by atoms with Gasteiger partial charge in [0.2, 0.25) is 5.95 Å². The lowest BCUT2D eigenvalue weighted by molar-refractivity contribution is 0.415. The normalized spacial score (nSPS) is 10.3. The summed E-state index contributed by atoms with van der Waals surface area (Å²) in [6.07, 6.45) is 2.92. The highest BCUT2D eigenvalue weighted by Gasteiger charge is 2.02. The van der Waals surface area contributed by atoms with Crippen LogP contribution in [0.5, 0.6) is 5.75 Å². The zero-order chi connectivity index (χ0) is 14.4. The highest BCUT2D eigenvalue weighted by atomic mass is 16.5. The van der Waals surface area contributed by atoms with Gasteiger partial charge in [-0.15, -0.1) is 0 Å². The molecule has 0 unspecified atom stereocenters. The van der Waals surface area contributed by atoms with Crippen LogP contribution in [-0.2, 0) is 6.42 Å². The van der Waals surface area contributed by atoms with Crippen molar-refractivity contribution < 1.29 is 4.74 Å². The van der Waals surface area contributed by atoms with Gasteiger partial charge in [-0.3, -0.25) is 9.78 Å². The fourth-order valence-corrected chi connectivity index (χ4v) is 1.86. The molecule has 0 aliphatic carbocycles. The van der Waals surface area contributed by atoms with Crippen molar-refractivity contribution in [3.05, 3.63) is 46.4 Å². The van der Waals surface area contributed by atoms with Crippen LogP contribution < -0.4 is 15.6 Å². The van der Waals surface area contributed by atoms with Crippen LogP contribution >= 0.6 is 0 Å². The van der Waals surface area contributed by atoms with Crippen LogP contribution in [0.2, 0.25) is 0 Å². The summed E-state index contributed by atoms with van der Waals surface area (Å²) in [4.78, 5) is 18.7. The number of aromatic nitrogens is 2. The number of ether oxygens (including phenoxy) is 1. The lowest BCUT2D eigenvalue weighted by atomic mass is 10.2. The maximum atomic E-state index is 11.6. The molecule has 2 aromatic rings. The first-order valence-electron chi connectivity index (χ1n) is 6.72. The third kappa shape index (κ3) is 3.85. The number of H-pyrrole nitrogens is 1. The van der Waals surface area contributed by atoms with Crippen LogP contribution in [-0.4, -0.2) is 17.1 Å². The van der Waals surface area contributed by atoms with E-state index < -0.39 is 0 Å². The molecular weight excluding hydrogens is 254 g/mol. The van der Waals surface area contributed by atoms with Gasteiger partial charge in [0, 0.05) is 17.4 Å². The Morgan fingerprint density at radius 2 is 2.05 bits per heavy atom. The molecule has 1 heterocycles. The second kappa shape index (κ2) is 6.75. The Kier molecular flexibility index (Phi) is 4.76. The molecule has 20 heavy (non-hydrogen) atoms. The molecule has 0 saturated carbocycles. The van der Waals surface area contributed by atoms with Gasteiger partial charge in [-0.25, -0.2) is 4.98 Å². The number of anilines is 2. The molecule has 0 radical (unpaired) electrons. The molecule has 1 aromatic carbocycles. The average Bonchev–Trinajstić information content (AvgIpc) is 2.45. The van der Waals surface area contributed by atoms with Gasteiger partial charge >= 0.3 is 0 Å². The third-order valence-corrected chi connectivity index (χ3v) is 2.93. The van der Waals surface area contributed by atoms with Crippen molar-refractivity contribution in [2.24, 2.45) is 0 Å². The molecule has 5 nitrogen and oxygen atoms in total. The van der Waals surface area contributed by atoms with E-state index in [0.29, 0.717) is 5.95 Å². The summed E-state index contributed by atoms with van der Waals surface area (Å²) in [6.45, 7) is 2.11. The molecule has 0 bridgehead atoms. The second-order valence-electron chi connectivity index (χ2n) is 4.54. The van der Waals surface area contributed by atoms with Gasteiger partial charge in [0.15, 0.2) is 0 Å². The first kappa shape index (κ1) is 14.1. The first-order valence-corrected chi connectivity index (χ1v) is 6.72. The molecule has 0 fully saturated rings. The smallest absolute Gasteiger partial charge is 0.252 e. The number of aromatic amines is 1. The molecule has 1 aromatic heterocycles. The van der Waals surface area contributed by atoms with Crippen LogP contribution in [0.15, 0.2) is 35.1 Å². The Morgan fingerprint density at radius 3 is 2.70 bits per heavy atom. The van der Waals surface area contributed by atoms with Crippen LogP contribution in [0.4, 0.5) is 11.6 Å². The van der Waals surface area contributed by atoms with Crippen LogP contribution in [0.1, 0.15) is 25.5 Å². The molecule has 0 atom stereocenters. The standard InChI is InChI=1S/C15H19N3O2/c1-3-4-5-12-10-14(19)18-15(17-12)16-11-6-8-13(20-2)9-7-11/h6-10H,3-5H2,1-2H3,(H2,16,17,18,19). The summed E-state index contributed by atoms with van der Waals surface area (Å²) < 4.78 is 5.10. The van der Waals surface area contributed by atoms with Gasteiger partial charge in [0.1, 0.15) is 5.75 Å². The Hall–Kier alpha value is -2.30. The Labute approximate surface area is 118 Å². The van der Waals surface area contributed by atoms with Crippen molar-refractivity contribution >= 4 is 11.6 Å². The number of unbranched alkanes of at least 4 members (excludes halogenated alkanes) is 1. The van der Waals surface area contributed by atoms with Gasteiger partial charge in [0.05, 0.1) is 7.11 Å². The lowest BCUT2D eigenvalue weighted by Gasteiger charge is -2.07. The van der Waals surface area contributed by atoms with Gasteiger partial charge < -0.3 is 10.1 Å². The minimum Gasteiger partial charge on any atom is -0.497 e. The van der Waals surface area contributed by atoms with E-state index in [9.17, 15) is 4.79 Å². The van der Waals surface area contributed by atoms with Crippen molar-refractivity contribution in [3.63, 3.8) is 0 Å². The first-order chi connectivity index (χ1) is 9.71. The maximum absolute atomic E-state index is 11.6. The van der Waals surface area contributed by atoms with Gasteiger partial charge in [-0.1, -0.05) is 13.3 Å². The summed E-state index contributed by atoms with van der Waals surface area (Å²) >= 11 is 0. The Bertz CT molecular complexity index is 605. The van der Waals surface area contributed by atoms with Crippen LogP contribution in [0.3, 0.4) is 0 Å². The number of methoxy groups -OCH3 is 1. The molecule has 2 N–H and O–H groups in total. The number of benzene rings is 1. The van der Waals surface area contributed by atoms with Crippen LogP contribution in [0.25, 0.3) is 0 Å². The van der Waals surface area contributed by atoms with E-state index in [0.717, 1.165) is 36.4 Å². The van der Waals surface area contributed by atoms with E-state index in [4.69, 9.17) is 4.74 Å². The van der Waals surface area contributed by atoms with E-state index in [2.05, 4.69) is 22.2 Å². The number of hydrogen-bond acceptors (Lipinski definition) is 4. The summed E-state index contributed by atoms with van der Waals surface area (Å²) in [6, 6.07) is 8.99. The van der Waals surface area contributed by atoms with E-state index in [-0.39, 0.29) is 5.56 Å². The highest BCUT2D eigenvalue weighted by Crippen LogP contribution is 2.17. The predicted molar refractivity (Wildman–Crippen MR) is 79.7 cm³/mol. The topological polar surface area (TPSA) is 67.0 Å². The molecule has 0 aliphatic heterocycles. The van der Waals surface area contributed by atoms with Crippen LogP contribution in [0, 0.1) is 0 Å². The fraction of sp³-hybridized carbons (Fsp3) is 0.333. The van der Waals surface area contributed by atoms with E-state index in [1.54, 1.807) is 13.2 Å². The second-order valence-corrected chi connectivity index (χ2v) is 4.54. The summed E-state index contributed by atoms with van der Waals surface area (Å²) in [5.41, 5.74) is 1.52. The third-order valence-electron chi connectivity index (χ3n) is 2.93. The van der Waals surface area contributed by atoms with Gasteiger partial charge in [-0.2, -0.15) is 0 Å². The van der Waals surface area contributed by atoms with Crippen molar-refractivity contribution in [1.82, 2.24) is 9.97 Å². The number of aryl methyl sites for hydroxylation is 1. The molecule has 0 amide bonds. The molecule has 0 spiro atoms. The molecule has 2 rings (SSSR count). The molecule has 0 saturated heterocycles. The summed E-state index contributed by atoms with van der Waals surface area (Å²) in [7, 11) is 1.62. The van der Waals surface area contributed by atoms with Crippen molar-refractivity contribution in [1.29, 1.82) is 0 Å². The zero-order valence-electron chi connectivity index (χ0n) is 11.8. The monoisotopic (exact) mass is 273 g/mol. The van der Waals surface area contributed by atoms with Crippen molar-refractivity contribution in [2.45, 2.75) is 26.2 Å². The van der Waals surface area contributed by atoms with Crippen molar-refractivity contribution in [2.75, 3.05) is 12.4 Å². The van der Waals surface area contributed by atoms with Gasteiger partial charge in [-0.05, 0) is 37.1 Å². The largest absolute Gasteiger partial charge is 0.497 e. The average molecular weight is 273 g/mol. The number of rotatable bonds is 6. The fourth-order valence-electron chi connectivity index (χ4n) is 1.86. The summed E-state index contributed by atoms with van der Waals surface area (Å²) in [5, 5.41) is 3.09. The van der Waals surface area contributed by atoms with Crippen molar-refractivity contribution in [3.8, 4) is 5.75 Å². The highest BCUT2D eigenvalue weighted by molar-refractivity contribution is 5.54. The minimum absolute atomic E-state index is 0.137. The predicted octanol–water partition coefficient (Wildman–Crippen LogP) is 2.86. The Morgan fingerprint density at radius 1 is 1.30 bits per heavy atom. The molecule has 0 aliphatic rings. The summed E-state index contributed by atoms with van der Waals surface area (Å²) in [5.74, 6) is 1.25. The quantitative estimate of drug-likeness (QED) is 0.849. The SMILES string of the molecule is CCCCc1cc(=O)[nH]c(Nc2ccc(OC)cc2)n1. The number of nitrogens with zero attached hydrogens (tertiary/aromatic N) is 1. The van der Waals surface area contributed by atoms with E-state index in [1.165, 1.54) is 0 Å². The van der Waals surface area contributed by atoms with Gasteiger partial charge in [0.25, 0.3) is 5.56 Å². The zero-order valence-corrected chi connectivity index (χ0v) is 11.8.